The normalized spacial score (nSPS) is 9.67. The number of hydrogen-bond acceptors (Lipinski definition) is 3. The molecular formula is C5H11N3O. The summed E-state index contributed by atoms with van der Waals surface area (Å²) in [4.78, 5) is 11.3. The number of rotatable bonds is 3. The van der Waals surface area contributed by atoms with Crippen LogP contribution in [0.5, 0.6) is 0 Å². The fraction of sp³-hybridized carbons (Fsp3) is 0.600. The monoisotopic (exact) mass is 129 g/mol. The van der Waals surface area contributed by atoms with Crippen LogP contribution in [0.1, 0.15) is 0 Å². The predicted molar refractivity (Wildman–Crippen MR) is 36.0 cm³/mol. The second-order valence-corrected chi connectivity index (χ2v) is 1.85. The van der Waals surface area contributed by atoms with Gasteiger partial charge in [-0.3, -0.25) is 4.79 Å². The van der Waals surface area contributed by atoms with E-state index in [0.717, 1.165) is 0 Å². The van der Waals surface area contributed by atoms with Crippen molar-refractivity contribution in [1.29, 1.82) is 0 Å². The van der Waals surface area contributed by atoms with Crippen LogP contribution in [-0.4, -0.2) is 43.8 Å². The lowest BCUT2D eigenvalue weighted by molar-refractivity contribution is -0.113. The molecule has 0 aromatic carbocycles. The Morgan fingerprint density at radius 2 is 1.89 bits per heavy atom. The van der Waals surface area contributed by atoms with Gasteiger partial charge in [0.05, 0.1) is 0 Å². The molecule has 0 aromatic rings. The Hall–Kier alpha value is -1.06. The SMILES string of the molecule is CN(C=O)/C=N\N(C)C. The minimum atomic E-state index is 0.688. The van der Waals surface area contributed by atoms with Crippen LogP contribution < -0.4 is 0 Å². The number of hydrogen-bond donors (Lipinski definition) is 0. The van der Waals surface area contributed by atoms with Crippen LogP contribution in [0.4, 0.5) is 0 Å². The largest absolute Gasteiger partial charge is 0.307 e. The van der Waals surface area contributed by atoms with E-state index in [1.165, 1.54) is 11.2 Å². The summed E-state index contributed by atoms with van der Waals surface area (Å²) in [5, 5.41) is 5.41. The Morgan fingerprint density at radius 1 is 1.33 bits per heavy atom. The zero-order valence-electron chi connectivity index (χ0n) is 5.90. The molecule has 4 heteroatoms. The van der Waals surface area contributed by atoms with Gasteiger partial charge in [0, 0.05) is 21.1 Å². The van der Waals surface area contributed by atoms with E-state index in [1.807, 2.05) is 0 Å². The van der Waals surface area contributed by atoms with Crippen molar-refractivity contribution in [1.82, 2.24) is 9.91 Å². The van der Waals surface area contributed by atoms with E-state index in [1.54, 1.807) is 26.2 Å². The Bertz CT molecular complexity index is 111. The van der Waals surface area contributed by atoms with Crippen LogP contribution >= 0.6 is 0 Å². The third kappa shape index (κ3) is 4.80. The maximum atomic E-state index is 9.93. The average molecular weight is 129 g/mol. The van der Waals surface area contributed by atoms with Crippen molar-refractivity contribution in [2.75, 3.05) is 21.1 Å². The number of amides is 1. The van der Waals surface area contributed by atoms with Crippen LogP contribution in [-0.2, 0) is 4.79 Å². The van der Waals surface area contributed by atoms with E-state index < -0.39 is 0 Å². The van der Waals surface area contributed by atoms with Gasteiger partial charge in [0.1, 0.15) is 6.34 Å². The smallest absolute Gasteiger partial charge is 0.214 e. The molecule has 9 heavy (non-hydrogen) atoms. The van der Waals surface area contributed by atoms with Crippen molar-refractivity contribution in [2.24, 2.45) is 5.10 Å². The summed E-state index contributed by atoms with van der Waals surface area (Å²) in [7, 11) is 5.20. The fourth-order valence-corrected chi connectivity index (χ4v) is 0.212. The van der Waals surface area contributed by atoms with Crippen molar-refractivity contribution in [2.45, 2.75) is 0 Å². The molecule has 4 nitrogen and oxygen atoms in total. The summed E-state index contributed by atoms with van der Waals surface area (Å²) in [5.74, 6) is 0. The molecule has 0 aliphatic heterocycles. The molecule has 0 aliphatic carbocycles. The first kappa shape index (κ1) is 7.94. The average Bonchev–Trinajstić information content (AvgIpc) is 1.83. The Labute approximate surface area is 54.7 Å². The molecule has 0 fully saturated rings. The number of hydrazone groups is 1. The van der Waals surface area contributed by atoms with Crippen LogP contribution in [0, 0.1) is 0 Å². The second-order valence-electron chi connectivity index (χ2n) is 1.85. The van der Waals surface area contributed by atoms with Gasteiger partial charge in [-0.25, -0.2) is 0 Å². The summed E-state index contributed by atoms with van der Waals surface area (Å²) in [6, 6.07) is 0. The minimum Gasteiger partial charge on any atom is -0.307 e. The molecule has 0 heterocycles. The lowest BCUT2D eigenvalue weighted by Crippen LogP contribution is -2.15. The molecule has 0 saturated heterocycles. The molecule has 52 valence electrons. The summed E-state index contributed by atoms with van der Waals surface area (Å²) in [6.45, 7) is 0. The summed E-state index contributed by atoms with van der Waals surface area (Å²) >= 11 is 0. The third-order valence-corrected chi connectivity index (χ3v) is 0.631. The van der Waals surface area contributed by atoms with Gasteiger partial charge in [-0.05, 0) is 0 Å². The third-order valence-electron chi connectivity index (χ3n) is 0.631. The van der Waals surface area contributed by atoms with E-state index >= 15 is 0 Å². The molecule has 0 atom stereocenters. The molecule has 0 radical (unpaired) electrons. The molecule has 0 bridgehead atoms. The van der Waals surface area contributed by atoms with Crippen LogP contribution in [0.3, 0.4) is 0 Å². The lowest BCUT2D eigenvalue weighted by atomic mass is 10.9. The van der Waals surface area contributed by atoms with E-state index in [0.29, 0.717) is 6.41 Å². The van der Waals surface area contributed by atoms with Gasteiger partial charge in [0.25, 0.3) is 0 Å². The summed E-state index contributed by atoms with van der Waals surface area (Å²) in [5.41, 5.74) is 0. The van der Waals surface area contributed by atoms with Crippen molar-refractivity contribution in [3.05, 3.63) is 0 Å². The van der Waals surface area contributed by atoms with E-state index in [-0.39, 0.29) is 0 Å². The second kappa shape index (κ2) is 3.88. The molecular weight excluding hydrogens is 118 g/mol. The maximum Gasteiger partial charge on any atom is 0.214 e. The Kier molecular flexibility index (Phi) is 3.43. The molecule has 0 aliphatic rings. The molecule has 0 rings (SSSR count). The first-order chi connectivity index (χ1) is 4.16. The number of carbonyl (C=O) groups excluding carboxylic acids is 1. The predicted octanol–water partition coefficient (Wildman–Crippen LogP) is -0.421. The summed E-state index contributed by atoms with van der Waals surface area (Å²) in [6.07, 6.45) is 2.12. The van der Waals surface area contributed by atoms with E-state index in [9.17, 15) is 4.79 Å². The number of carbonyl (C=O) groups is 1. The zero-order valence-corrected chi connectivity index (χ0v) is 5.90. The maximum absolute atomic E-state index is 9.93. The van der Waals surface area contributed by atoms with Crippen LogP contribution in [0.15, 0.2) is 5.10 Å². The standard InChI is InChI=1S/C5H11N3O/c1-7(2)6-4-8(3)5-9/h4-5H,1-3H3/b6-4-. The zero-order chi connectivity index (χ0) is 7.28. The molecule has 0 N–H and O–H groups in total. The molecule has 0 unspecified atom stereocenters. The summed E-state index contributed by atoms with van der Waals surface area (Å²) < 4.78 is 0. The molecule has 0 aromatic heterocycles. The van der Waals surface area contributed by atoms with Gasteiger partial charge < -0.3 is 9.91 Å². The van der Waals surface area contributed by atoms with Crippen molar-refractivity contribution >= 4 is 12.7 Å². The van der Waals surface area contributed by atoms with E-state index in [2.05, 4.69) is 5.10 Å². The van der Waals surface area contributed by atoms with Gasteiger partial charge >= 0.3 is 0 Å². The fourth-order valence-electron chi connectivity index (χ4n) is 0.212. The highest BCUT2D eigenvalue weighted by Gasteiger charge is 1.82. The molecule has 1 amide bonds. The van der Waals surface area contributed by atoms with E-state index in [4.69, 9.17) is 0 Å². The van der Waals surface area contributed by atoms with Crippen molar-refractivity contribution in [3.63, 3.8) is 0 Å². The number of nitrogens with zero attached hydrogens (tertiary/aromatic N) is 3. The first-order valence-corrected chi connectivity index (χ1v) is 2.55. The van der Waals surface area contributed by atoms with Crippen LogP contribution in [0.2, 0.25) is 0 Å². The van der Waals surface area contributed by atoms with Gasteiger partial charge in [-0.15, -0.1) is 0 Å². The minimum absolute atomic E-state index is 0.688. The molecule has 0 saturated carbocycles. The first-order valence-electron chi connectivity index (χ1n) is 2.55. The quantitative estimate of drug-likeness (QED) is 0.224. The van der Waals surface area contributed by atoms with Gasteiger partial charge in [-0.1, -0.05) is 0 Å². The molecule has 0 spiro atoms. The van der Waals surface area contributed by atoms with Crippen LogP contribution in [0.25, 0.3) is 0 Å². The highest BCUT2D eigenvalue weighted by molar-refractivity contribution is 5.71. The van der Waals surface area contributed by atoms with Gasteiger partial charge in [0.2, 0.25) is 6.41 Å². The highest BCUT2D eigenvalue weighted by Crippen LogP contribution is 1.72. The van der Waals surface area contributed by atoms with Gasteiger partial charge in [0.15, 0.2) is 0 Å². The Balaban J connectivity index is 3.56. The van der Waals surface area contributed by atoms with Gasteiger partial charge in [-0.2, -0.15) is 5.10 Å². The Morgan fingerprint density at radius 3 is 2.22 bits per heavy atom. The van der Waals surface area contributed by atoms with Crippen molar-refractivity contribution in [3.8, 4) is 0 Å². The lowest BCUT2D eigenvalue weighted by Gasteiger charge is -2.05. The highest BCUT2D eigenvalue weighted by atomic mass is 16.1. The van der Waals surface area contributed by atoms with Crippen molar-refractivity contribution < 1.29 is 4.79 Å². The topological polar surface area (TPSA) is 35.9 Å².